The van der Waals surface area contributed by atoms with Gasteiger partial charge in [-0.05, 0) is 0 Å². The maximum atomic E-state index is 10.0. The van der Waals surface area contributed by atoms with E-state index in [1.807, 2.05) is 0 Å². The molecule has 0 rings (SSSR count). The molecule has 0 fully saturated rings. The molecule has 0 aromatic rings. The van der Waals surface area contributed by atoms with Crippen LogP contribution in [0.1, 0.15) is 0 Å². The van der Waals surface area contributed by atoms with Gasteiger partial charge in [0.15, 0.2) is 6.29 Å². The summed E-state index contributed by atoms with van der Waals surface area (Å²) in [6.45, 7) is 8.87. The first-order valence-electron chi connectivity index (χ1n) is 3.85. The first kappa shape index (κ1) is 10.6. The summed E-state index contributed by atoms with van der Waals surface area (Å²) in [6, 6.07) is 0. The Bertz CT molecular complexity index is 140. The van der Waals surface area contributed by atoms with Crippen LogP contribution >= 0.6 is 0 Å². The van der Waals surface area contributed by atoms with E-state index in [0.717, 1.165) is 6.29 Å². The van der Waals surface area contributed by atoms with E-state index in [1.54, 1.807) is 0 Å². The van der Waals surface area contributed by atoms with Crippen molar-refractivity contribution in [3.63, 3.8) is 0 Å². The molecule has 0 heterocycles. The zero-order valence-electron chi connectivity index (χ0n) is 7.61. The molecule has 0 radical (unpaired) electrons. The molecule has 0 atom stereocenters. The number of hydrogen-bond donors (Lipinski definition) is 0. The van der Waals surface area contributed by atoms with Crippen LogP contribution in [0.2, 0.25) is 26.2 Å². The fourth-order valence-electron chi connectivity index (χ4n) is 0.967. The molecule has 0 N–H and O–H groups in total. The summed E-state index contributed by atoms with van der Waals surface area (Å²) in [7, 11) is -1.67. The second kappa shape index (κ2) is 5.25. The first-order chi connectivity index (χ1) is 5.09. The van der Waals surface area contributed by atoms with Gasteiger partial charge in [-0.2, -0.15) is 5.10 Å². The number of carbonyl (C=O) groups is 1. The van der Waals surface area contributed by atoms with E-state index in [-0.39, 0.29) is 0 Å². The normalized spacial score (nSPS) is 11.5. The summed E-state index contributed by atoms with van der Waals surface area (Å²) in [5, 5.41) is 4.10. The SMILES string of the molecule is C[SiH](C)N(N=CC=O)[SiH](C)C. The van der Waals surface area contributed by atoms with Crippen molar-refractivity contribution in [2.45, 2.75) is 26.2 Å². The van der Waals surface area contributed by atoms with Crippen LogP contribution in [0, 0.1) is 0 Å². The Morgan fingerprint density at radius 2 is 1.64 bits per heavy atom. The molecule has 0 aliphatic heterocycles. The topological polar surface area (TPSA) is 32.7 Å². The number of hydrogen-bond acceptors (Lipinski definition) is 3. The summed E-state index contributed by atoms with van der Waals surface area (Å²) in [5.41, 5.74) is 0. The molecule has 64 valence electrons. The third kappa shape index (κ3) is 4.10. The maximum Gasteiger partial charge on any atom is 0.162 e. The van der Waals surface area contributed by atoms with Crippen LogP contribution in [0.15, 0.2) is 5.10 Å². The van der Waals surface area contributed by atoms with Crippen LogP contribution < -0.4 is 0 Å². The lowest BCUT2D eigenvalue weighted by atomic mass is 10.9. The molecule has 0 amide bonds. The summed E-state index contributed by atoms with van der Waals surface area (Å²) in [4.78, 5) is 10.0. The van der Waals surface area contributed by atoms with Gasteiger partial charge in [-0.25, -0.2) is 0 Å². The summed E-state index contributed by atoms with van der Waals surface area (Å²) >= 11 is 0. The van der Waals surface area contributed by atoms with Crippen molar-refractivity contribution >= 4 is 30.4 Å². The van der Waals surface area contributed by atoms with Gasteiger partial charge < -0.3 is 4.34 Å². The highest BCUT2D eigenvalue weighted by Gasteiger charge is 2.11. The van der Waals surface area contributed by atoms with E-state index in [1.165, 1.54) is 6.21 Å². The molecule has 0 unspecified atom stereocenters. The van der Waals surface area contributed by atoms with Gasteiger partial charge in [-0.1, -0.05) is 26.2 Å². The molecule has 0 saturated carbocycles. The van der Waals surface area contributed by atoms with Crippen LogP contribution in [0.25, 0.3) is 0 Å². The molecular formula is C6H16N2OSi2. The van der Waals surface area contributed by atoms with Crippen molar-refractivity contribution < 1.29 is 4.79 Å². The van der Waals surface area contributed by atoms with Crippen molar-refractivity contribution in [1.82, 2.24) is 4.34 Å². The van der Waals surface area contributed by atoms with Crippen molar-refractivity contribution in [2.75, 3.05) is 0 Å². The van der Waals surface area contributed by atoms with Crippen LogP contribution in [0.3, 0.4) is 0 Å². The van der Waals surface area contributed by atoms with Crippen molar-refractivity contribution in [3.8, 4) is 0 Å². The lowest BCUT2D eigenvalue weighted by Crippen LogP contribution is -2.38. The second-order valence-electron chi connectivity index (χ2n) is 2.97. The van der Waals surface area contributed by atoms with Crippen molar-refractivity contribution in [2.24, 2.45) is 5.10 Å². The molecule has 0 aromatic carbocycles. The van der Waals surface area contributed by atoms with Crippen LogP contribution in [-0.2, 0) is 4.79 Å². The predicted octanol–water partition coefficient (Wildman–Crippen LogP) is 0.440. The van der Waals surface area contributed by atoms with Gasteiger partial charge in [0.05, 0.1) is 6.21 Å². The molecule has 3 nitrogen and oxygen atoms in total. The maximum absolute atomic E-state index is 10.0. The van der Waals surface area contributed by atoms with E-state index in [2.05, 4.69) is 35.6 Å². The lowest BCUT2D eigenvalue weighted by molar-refractivity contribution is -0.102. The van der Waals surface area contributed by atoms with Crippen LogP contribution in [-0.4, -0.2) is 34.8 Å². The average Bonchev–Trinajstić information content (AvgIpc) is 1.87. The third-order valence-electron chi connectivity index (χ3n) is 1.32. The molecule has 0 aromatic heterocycles. The Balaban J connectivity index is 4.10. The quantitative estimate of drug-likeness (QED) is 0.278. The van der Waals surface area contributed by atoms with E-state index in [9.17, 15) is 4.79 Å². The molecule has 11 heavy (non-hydrogen) atoms. The Kier molecular flexibility index (Phi) is 5.05. The fraction of sp³-hybridized carbons (Fsp3) is 0.667. The number of rotatable bonds is 4. The predicted molar refractivity (Wildman–Crippen MR) is 54.1 cm³/mol. The minimum Gasteiger partial charge on any atom is -0.355 e. The largest absolute Gasteiger partial charge is 0.355 e. The second-order valence-corrected chi connectivity index (χ2v) is 9.00. The van der Waals surface area contributed by atoms with E-state index in [4.69, 9.17) is 0 Å². The minimum absolute atomic E-state index is 0.737. The Hall–Kier alpha value is -0.426. The standard InChI is InChI=1S/C6H16N2OSi2/c1-10(2)8(11(3)4)7-5-6-9/h5-6,10-11H,1-4H3. The molecule has 0 aliphatic carbocycles. The van der Waals surface area contributed by atoms with Gasteiger partial charge in [0.1, 0.15) is 17.9 Å². The fourth-order valence-corrected chi connectivity index (χ4v) is 6.42. The van der Waals surface area contributed by atoms with Gasteiger partial charge >= 0.3 is 0 Å². The third-order valence-corrected chi connectivity index (χ3v) is 7.28. The number of aldehydes is 1. The molecule has 0 saturated heterocycles. The molecule has 0 spiro atoms. The smallest absolute Gasteiger partial charge is 0.162 e. The number of carbonyl (C=O) groups excluding carboxylic acids is 1. The molecule has 0 aliphatic rings. The minimum atomic E-state index is -0.837. The first-order valence-corrected chi connectivity index (χ1v) is 9.50. The van der Waals surface area contributed by atoms with Crippen molar-refractivity contribution in [1.29, 1.82) is 0 Å². The number of hydrazone groups is 1. The molecular weight excluding hydrogens is 172 g/mol. The average molecular weight is 188 g/mol. The van der Waals surface area contributed by atoms with E-state index in [0.29, 0.717) is 0 Å². The number of nitrogens with zero attached hydrogens (tertiary/aromatic N) is 2. The highest BCUT2D eigenvalue weighted by Crippen LogP contribution is 1.98. The summed E-state index contributed by atoms with van der Waals surface area (Å²) < 4.78 is 2.16. The van der Waals surface area contributed by atoms with E-state index >= 15 is 0 Å². The van der Waals surface area contributed by atoms with Gasteiger partial charge in [0.25, 0.3) is 0 Å². The van der Waals surface area contributed by atoms with Gasteiger partial charge in [-0.3, -0.25) is 4.79 Å². The molecule has 5 heteroatoms. The summed E-state index contributed by atoms with van der Waals surface area (Å²) in [5.74, 6) is 0. The zero-order chi connectivity index (χ0) is 8.85. The Morgan fingerprint density at radius 1 is 1.18 bits per heavy atom. The van der Waals surface area contributed by atoms with Gasteiger partial charge in [0.2, 0.25) is 0 Å². The lowest BCUT2D eigenvalue weighted by Gasteiger charge is -2.25. The van der Waals surface area contributed by atoms with E-state index < -0.39 is 17.9 Å². The Labute approximate surface area is 71.5 Å². The monoisotopic (exact) mass is 188 g/mol. The van der Waals surface area contributed by atoms with Gasteiger partial charge in [0, 0.05) is 0 Å². The highest BCUT2D eigenvalue weighted by molar-refractivity contribution is 6.69. The van der Waals surface area contributed by atoms with Crippen LogP contribution in [0.5, 0.6) is 0 Å². The van der Waals surface area contributed by atoms with Crippen LogP contribution in [0.4, 0.5) is 0 Å². The zero-order valence-corrected chi connectivity index (χ0v) is 9.92. The Morgan fingerprint density at radius 3 is 1.91 bits per heavy atom. The van der Waals surface area contributed by atoms with Gasteiger partial charge in [-0.15, -0.1) is 0 Å². The highest BCUT2D eigenvalue weighted by atomic mass is 28.3. The van der Waals surface area contributed by atoms with Crippen molar-refractivity contribution in [3.05, 3.63) is 0 Å². The summed E-state index contributed by atoms with van der Waals surface area (Å²) in [6.07, 6.45) is 2.08. The molecule has 0 bridgehead atoms.